The van der Waals surface area contributed by atoms with E-state index in [0.717, 1.165) is 52.1 Å². The Hall–Kier alpha value is -1.15. The van der Waals surface area contributed by atoms with Gasteiger partial charge in [-0.3, -0.25) is 14.4 Å². The summed E-state index contributed by atoms with van der Waals surface area (Å²) in [5.74, 6) is -0.00975. The Morgan fingerprint density at radius 1 is 1.38 bits per heavy atom. The summed E-state index contributed by atoms with van der Waals surface area (Å²) >= 11 is 0. The van der Waals surface area contributed by atoms with Crippen molar-refractivity contribution < 1.29 is 9.53 Å². The van der Waals surface area contributed by atoms with Crippen LogP contribution in [0.25, 0.3) is 0 Å². The molecule has 0 aromatic carbocycles. The zero-order chi connectivity index (χ0) is 16.7. The number of halogens is 1. The highest BCUT2D eigenvalue weighted by Crippen LogP contribution is 2.10. The molecular weight excluding hydrogens is 330 g/mol. The minimum atomic E-state index is -0.557. The predicted molar refractivity (Wildman–Crippen MR) is 96.1 cm³/mol. The van der Waals surface area contributed by atoms with Crippen LogP contribution in [-0.2, 0) is 22.6 Å². The van der Waals surface area contributed by atoms with Crippen molar-refractivity contribution in [2.24, 2.45) is 5.73 Å². The molecule has 2 heterocycles. The molecule has 1 aromatic heterocycles. The summed E-state index contributed by atoms with van der Waals surface area (Å²) in [4.78, 5) is 16.5. The summed E-state index contributed by atoms with van der Waals surface area (Å²) in [6.45, 7) is 7.61. The van der Waals surface area contributed by atoms with E-state index in [1.165, 1.54) is 5.56 Å². The molecule has 1 aliphatic heterocycles. The molecule has 0 bridgehead atoms. The van der Waals surface area contributed by atoms with Gasteiger partial charge in [0.25, 0.3) is 0 Å². The summed E-state index contributed by atoms with van der Waals surface area (Å²) in [6.07, 6.45) is 6.11. The average Bonchev–Trinajstić information content (AvgIpc) is 2.83. The highest BCUT2D eigenvalue weighted by Gasteiger charge is 2.23. The molecule has 0 aliphatic carbocycles. The zero-order valence-corrected chi connectivity index (χ0v) is 15.5. The Labute approximate surface area is 150 Å². The highest BCUT2D eigenvalue weighted by molar-refractivity contribution is 5.85. The van der Waals surface area contributed by atoms with Gasteiger partial charge in [-0.1, -0.05) is 6.92 Å². The second kappa shape index (κ2) is 10.7. The van der Waals surface area contributed by atoms with Crippen LogP contribution in [0.2, 0.25) is 0 Å². The van der Waals surface area contributed by atoms with Gasteiger partial charge < -0.3 is 15.4 Å². The molecule has 1 fully saturated rings. The predicted octanol–water partition coefficient (Wildman–Crippen LogP) is 0.723. The third-order valence-corrected chi connectivity index (χ3v) is 4.11. The molecule has 0 spiro atoms. The maximum absolute atomic E-state index is 12.3. The molecular formula is C16H30ClN5O2. The maximum atomic E-state index is 12.3. The van der Waals surface area contributed by atoms with E-state index < -0.39 is 6.04 Å². The standard InChI is InChI=1S/C16H29N5O2.ClH/c1-3-5-21-12-14(10-18-21)11-19-6-4-7-20(9-8-19)16(22)15(17)13-23-2;/h10,12,15H,3-9,11,13,17H2,1-2H3;1H. The molecule has 1 aromatic rings. The summed E-state index contributed by atoms with van der Waals surface area (Å²) < 4.78 is 6.97. The molecule has 0 radical (unpaired) electrons. The zero-order valence-electron chi connectivity index (χ0n) is 14.7. The van der Waals surface area contributed by atoms with Crippen molar-refractivity contribution in [2.75, 3.05) is 39.9 Å². The minimum absolute atomic E-state index is 0. The van der Waals surface area contributed by atoms with Gasteiger partial charge in [-0.05, 0) is 12.8 Å². The number of hydrogen-bond donors (Lipinski definition) is 1. The van der Waals surface area contributed by atoms with Crippen LogP contribution < -0.4 is 5.73 Å². The third-order valence-electron chi connectivity index (χ3n) is 4.11. The van der Waals surface area contributed by atoms with Gasteiger partial charge in [-0.15, -0.1) is 12.4 Å². The number of nitrogens with two attached hydrogens (primary N) is 1. The van der Waals surface area contributed by atoms with Crippen LogP contribution in [0.15, 0.2) is 12.4 Å². The minimum Gasteiger partial charge on any atom is -0.383 e. The third kappa shape index (κ3) is 6.05. The molecule has 1 unspecified atom stereocenters. The van der Waals surface area contributed by atoms with Crippen LogP contribution in [0.1, 0.15) is 25.3 Å². The average molecular weight is 360 g/mol. The van der Waals surface area contributed by atoms with Crippen LogP contribution in [0.4, 0.5) is 0 Å². The fourth-order valence-electron chi connectivity index (χ4n) is 2.93. The van der Waals surface area contributed by atoms with Crippen LogP contribution in [0.3, 0.4) is 0 Å². The molecule has 0 saturated carbocycles. The quantitative estimate of drug-likeness (QED) is 0.776. The van der Waals surface area contributed by atoms with Crippen molar-refractivity contribution in [3.05, 3.63) is 18.0 Å². The normalized spacial score (nSPS) is 17.2. The number of aromatic nitrogens is 2. The molecule has 2 rings (SSSR count). The van der Waals surface area contributed by atoms with Crippen LogP contribution in [-0.4, -0.2) is 71.4 Å². The maximum Gasteiger partial charge on any atom is 0.241 e. The van der Waals surface area contributed by atoms with Gasteiger partial charge in [0.1, 0.15) is 6.04 Å². The summed E-state index contributed by atoms with van der Waals surface area (Å²) in [6, 6.07) is -0.557. The Balaban J connectivity index is 0.00000288. The summed E-state index contributed by atoms with van der Waals surface area (Å²) in [5.41, 5.74) is 7.09. The first-order valence-electron chi connectivity index (χ1n) is 8.41. The lowest BCUT2D eigenvalue weighted by atomic mass is 10.2. The first-order chi connectivity index (χ1) is 11.1. The van der Waals surface area contributed by atoms with Crippen molar-refractivity contribution in [1.29, 1.82) is 0 Å². The van der Waals surface area contributed by atoms with Crippen molar-refractivity contribution >= 4 is 18.3 Å². The molecule has 7 nitrogen and oxygen atoms in total. The molecule has 8 heteroatoms. The fraction of sp³-hybridized carbons (Fsp3) is 0.750. The second-order valence-corrected chi connectivity index (χ2v) is 6.13. The first kappa shape index (κ1) is 20.9. The van der Waals surface area contributed by atoms with Crippen LogP contribution >= 0.6 is 12.4 Å². The Kier molecular flexibility index (Phi) is 9.28. The number of methoxy groups -OCH3 is 1. The molecule has 1 aliphatic rings. The summed E-state index contributed by atoms with van der Waals surface area (Å²) in [5, 5.41) is 4.38. The first-order valence-corrected chi connectivity index (χ1v) is 8.41. The number of ether oxygens (including phenoxy) is 1. The van der Waals surface area contributed by atoms with Gasteiger partial charge >= 0.3 is 0 Å². The van der Waals surface area contributed by atoms with Gasteiger partial charge in [0, 0.05) is 58.1 Å². The second-order valence-electron chi connectivity index (χ2n) is 6.13. The van der Waals surface area contributed by atoms with E-state index in [9.17, 15) is 4.79 Å². The van der Waals surface area contributed by atoms with Crippen molar-refractivity contribution in [1.82, 2.24) is 19.6 Å². The van der Waals surface area contributed by atoms with Crippen molar-refractivity contribution in [3.8, 4) is 0 Å². The number of carbonyl (C=O) groups excluding carboxylic acids is 1. The van der Waals surface area contributed by atoms with E-state index in [1.807, 2.05) is 15.8 Å². The molecule has 24 heavy (non-hydrogen) atoms. The Morgan fingerprint density at radius 2 is 2.17 bits per heavy atom. The molecule has 1 amide bonds. The topological polar surface area (TPSA) is 76.6 Å². The van der Waals surface area contributed by atoms with E-state index in [2.05, 4.69) is 23.1 Å². The van der Waals surface area contributed by atoms with Gasteiger partial charge in [0.2, 0.25) is 5.91 Å². The number of rotatable bonds is 7. The van der Waals surface area contributed by atoms with Crippen LogP contribution in [0, 0.1) is 0 Å². The fourth-order valence-corrected chi connectivity index (χ4v) is 2.93. The molecule has 2 N–H and O–H groups in total. The van der Waals surface area contributed by atoms with Crippen molar-refractivity contribution in [3.63, 3.8) is 0 Å². The van der Waals surface area contributed by atoms with Crippen molar-refractivity contribution in [2.45, 2.75) is 38.9 Å². The van der Waals surface area contributed by atoms with E-state index in [4.69, 9.17) is 10.5 Å². The van der Waals surface area contributed by atoms with E-state index in [0.29, 0.717) is 0 Å². The molecule has 138 valence electrons. The Bertz CT molecular complexity index is 497. The van der Waals surface area contributed by atoms with E-state index in [1.54, 1.807) is 7.11 Å². The van der Waals surface area contributed by atoms with Gasteiger partial charge in [-0.25, -0.2) is 0 Å². The summed E-state index contributed by atoms with van der Waals surface area (Å²) in [7, 11) is 1.57. The van der Waals surface area contributed by atoms with Gasteiger partial charge in [0.15, 0.2) is 0 Å². The SMILES string of the molecule is CCCn1cc(CN2CCCN(C(=O)C(N)COC)CC2)cn1.Cl. The number of nitrogens with zero attached hydrogens (tertiary/aromatic N) is 4. The van der Waals surface area contributed by atoms with Crippen LogP contribution in [0.5, 0.6) is 0 Å². The number of carbonyl (C=O) groups is 1. The van der Waals surface area contributed by atoms with Gasteiger partial charge in [-0.2, -0.15) is 5.10 Å². The largest absolute Gasteiger partial charge is 0.383 e. The monoisotopic (exact) mass is 359 g/mol. The number of aryl methyl sites for hydroxylation is 1. The van der Waals surface area contributed by atoms with E-state index in [-0.39, 0.29) is 24.9 Å². The lowest BCUT2D eigenvalue weighted by Gasteiger charge is -2.24. The lowest BCUT2D eigenvalue weighted by molar-refractivity contribution is -0.133. The lowest BCUT2D eigenvalue weighted by Crippen LogP contribution is -2.47. The number of amides is 1. The van der Waals surface area contributed by atoms with Gasteiger partial charge in [0.05, 0.1) is 12.8 Å². The number of hydrogen-bond acceptors (Lipinski definition) is 5. The smallest absolute Gasteiger partial charge is 0.241 e. The highest BCUT2D eigenvalue weighted by atomic mass is 35.5. The molecule has 1 atom stereocenters. The molecule has 1 saturated heterocycles. The Morgan fingerprint density at radius 3 is 2.88 bits per heavy atom. The van der Waals surface area contributed by atoms with E-state index >= 15 is 0 Å².